The summed E-state index contributed by atoms with van der Waals surface area (Å²) in [7, 11) is 3.55. The van der Waals surface area contributed by atoms with E-state index in [1.54, 1.807) is 33.1 Å². The van der Waals surface area contributed by atoms with Crippen molar-refractivity contribution in [1.82, 2.24) is 19.4 Å². The Labute approximate surface area is 215 Å². The molecule has 0 unspecified atom stereocenters. The molecule has 2 aromatic rings. The summed E-state index contributed by atoms with van der Waals surface area (Å²) in [4.78, 5) is 17.5. The lowest BCUT2D eigenvalue weighted by atomic mass is 10.0. The van der Waals surface area contributed by atoms with Gasteiger partial charge in [-0.25, -0.2) is 12.7 Å². The maximum atomic E-state index is 13.2. The summed E-state index contributed by atoms with van der Waals surface area (Å²) in [5.41, 5.74) is 2.83. The molecule has 0 aliphatic carbocycles. The predicted octanol–water partition coefficient (Wildman–Crippen LogP) is 2.76. The first-order chi connectivity index (χ1) is 16.9. The van der Waals surface area contributed by atoms with Crippen LogP contribution in [0.15, 0.2) is 23.1 Å². The van der Waals surface area contributed by atoms with Crippen molar-refractivity contribution in [2.45, 2.75) is 57.4 Å². The Kier molecular flexibility index (Phi) is 9.08. The molecule has 2 heterocycles. The van der Waals surface area contributed by atoms with E-state index in [-0.39, 0.29) is 30.1 Å². The lowest BCUT2D eigenvalue weighted by molar-refractivity contribution is -0.118. The van der Waals surface area contributed by atoms with E-state index in [0.717, 1.165) is 37.3 Å². The van der Waals surface area contributed by atoms with E-state index < -0.39 is 10.0 Å². The lowest BCUT2D eigenvalue weighted by Crippen LogP contribution is -2.42. The lowest BCUT2D eigenvalue weighted by Gasteiger charge is -2.36. The number of carbonyl (C=O) groups is 1. The zero-order valence-electron chi connectivity index (χ0n) is 22.5. The fourth-order valence-electron chi connectivity index (χ4n) is 4.81. The van der Waals surface area contributed by atoms with Gasteiger partial charge in [0.25, 0.3) is 0 Å². The van der Waals surface area contributed by atoms with Crippen LogP contribution in [-0.4, -0.2) is 87.5 Å². The normalized spacial score (nSPS) is 15.1. The fourth-order valence-corrected chi connectivity index (χ4v) is 6.39. The van der Waals surface area contributed by atoms with E-state index in [1.165, 1.54) is 11.4 Å². The zero-order chi connectivity index (χ0) is 26.6. The first-order valence-electron chi connectivity index (χ1n) is 12.3. The molecule has 198 valence electrons. The van der Waals surface area contributed by atoms with Gasteiger partial charge in [0.2, 0.25) is 10.0 Å². The van der Waals surface area contributed by atoms with E-state index >= 15 is 0 Å². The Hall–Kier alpha value is -2.56. The molecular weight excluding hydrogens is 478 g/mol. The molecule has 0 saturated carbocycles. The molecule has 3 rings (SSSR count). The molecular formula is C26H39N5O4S. The number of anilines is 1. The number of Topliss-reactive ketones (excluding diaryl/α,β-unsaturated/α-hetero) is 1. The van der Waals surface area contributed by atoms with Gasteiger partial charge >= 0.3 is 0 Å². The minimum absolute atomic E-state index is 0.0755. The molecule has 1 aliphatic heterocycles. The average Bonchev–Trinajstić information content (AvgIpc) is 2.82. The van der Waals surface area contributed by atoms with Gasteiger partial charge in [0.15, 0.2) is 5.82 Å². The van der Waals surface area contributed by atoms with Crippen molar-refractivity contribution in [3.05, 3.63) is 40.6 Å². The number of aryl methyl sites for hydroxylation is 3. The highest BCUT2D eigenvalue weighted by molar-refractivity contribution is 7.89. The number of piperidine rings is 1. The van der Waals surface area contributed by atoms with Crippen molar-refractivity contribution in [3.63, 3.8) is 0 Å². The highest BCUT2D eigenvalue weighted by Crippen LogP contribution is 2.28. The second-order valence-corrected chi connectivity index (χ2v) is 11.9. The minimum atomic E-state index is -3.74. The summed E-state index contributed by atoms with van der Waals surface area (Å²) in [5, 5.41) is 8.73. The van der Waals surface area contributed by atoms with E-state index in [9.17, 15) is 13.2 Å². The Bertz CT molecular complexity index is 1170. The quantitative estimate of drug-likeness (QED) is 0.475. The molecule has 0 spiro atoms. The van der Waals surface area contributed by atoms with Crippen molar-refractivity contribution >= 4 is 21.6 Å². The molecule has 1 aromatic carbocycles. The number of nitrogens with zero attached hydrogens (tertiary/aromatic N) is 5. The largest absolute Gasteiger partial charge is 0.497 e. The topological polar surface area (TPSA) is 95.9 Å². The van der Waals surface area contributed by atoms with Crippen LogP contribution in [0.4, 0.5) is 5.82 Å². The summed E-state index contributed by atoms with van der Waals surface area (Å²) in [5.74, 6) is 1.41. The van der Waals surface area contributed by atoms with E-state index in [1.807, 2.05) is 13.0 Å². The molecule has 1 fully saturated rings. The van der Waals surface area contributed by atoms with Crippen molar-refractivity contribution in [2.75, 3.05) is 52.8 Å². The molecule has 1 aromatic heterocycles. The van der Waals surface area contributed by atoms with E-state index in [0.29, 0.717) is 28.6 Å². The van der Waals surface area contributed by atoms with Crippen molar-refractivity contribution < 1.29 is 17.9 Å². The average molecular weight is 518 g/mol. The Morgan fingerprint density at radius 3 is 2.17 bits per heavy atom. The van der Waals surface area contributed by atoms with Crippen molar-refractivity contribution in [3.8, 4) is 5.75 Å². The summed E-state index contributed by atoms with van der Waals surface area (Å²) in [6.45, 7) is 7.45. The highest BCUT2D eigenvalue weighted by Gasteiger charge is 2.26. The van der Waals surface area contributed by atoms with Gasteiger partial charge in [0, 0.05) is 39.1 Å². The monoisotopic (exact) mass is 517 g/mol. The first kappa shape index (κ1) is 28.0. The number of ketones is 1. The maximum Gasteiger partial charge on any atom is 0.243 e. The second-order valence-electron chi connectivity index (χ2n) is 9.91. The van der Waals surface area contributed by atoms with Crippen LogP contribution < -0.4 is 9.64 Å². The number of methoxy groups -OCH3 is 1. The Morgan fingerprint density at radius 1 is 1.03 bits per heavy atom. The zero-order valence-corrected chi connectivity index (χ0v) is 23.4. The third-order valence-electron chi connectivity index (χ3n) is 6.92. The number of ether oxygens (including phenoxy) is 1. The van der Waals surface area contributed by atoms with Gasteiger partial charge in [-0.15, -0.1) is 5.10 Å². The summed E-state index contributed by atoms with van der Waals surface area (Å²) >= 11 is 0. The Balaban J connectivity index is 1.59. The fraction of sp³-hybridized carbons (Fsp3) is 0.577. The van der Waals surface area contributed by atoms with Crippen LogP contribution in [0.3, 0.4) is 0 Å². The SMILES string of the molecule is COc1cc(C)c(S(=O)(=O)N(C)CCC(=O)Cc2cc(C)c(N3CCC(N(C)C)CC3)nn2)c(C)c1. The van der Waals surface area contributed by atoms with Gasteiger partial charge in [0.1, 0.15) is 11.5 Å². The number of carbonyl (C=O) groups excluding carboxylic acids is 1. The smallest absolute Gasteiger partial charge is 0.243 e. The maximum absolute atomic E-state index is 13.2. The standard InChI is InChI=1S/C26H39N5O4S/c1-18-15-24(35-7)16-19(2)25(18)36(33,34)30(6)11-10-23(32)17-21-14-20(3)26(28-27-21)31-12-8-22(9-13-31)29(4)5/h14-16,22H,8-13,17H2,1-7H3. The van der Waals surface area contributed by atoms with Crippen LogP contribution >= 0.6 is 0 Å². The molecule has 1 aliphatic rings. The van der Waals surface area contributed by atoms with Gasteiger partial charge in [-0.3, -0.25) is 4.79 Å². The first-order valence-corrected chi connectivity index (χ1v) is 13.8. The van der Waals surface area contributed by atoms with E-state index in [4.69, 9.17) is 4.74 Å². The summed E-state index contributed by atoms with van der Waals surface area (Å²) in [6.07, 6.45) is 2.40. The molecule has 0 atom stereocenters. The van der Waals surface area contributed by atoms with E-state index in [2.05, 4.69) is 34.1 Å². The van der Waals surface area contributed by atoms with Crippen molar-refractivity contribution in [2.24, 2.45) is 0 Å². The molecule has 0 radical (unpaired) electrons. The summed E-state index contributed by atoms with van der Waals surface area (Å²) in [6, 6.07) is 5.91. The van der Waals surface area contributed by atoms with Gasteiger partial charge in [0.05, 0.1) is 24.1 Å². The molecule has 0 amide bonds. The number of hydrogen-bond acceptors (Lipinski definition) is 8. The molecule has 0 bridgehead atoms. The van der Waals surface area contributed by atoms with Crippen LogP contribution in [0.5, 0.6) is 5.75 Å². The van der Waals surface area contributed by atoms with Crippen molar-refractivity contribution in [1.29, 1.82) is 0 Å². The third kappa shape index (κ3) is 6.41. The Morgan fingerprint density at radius 2 is 1.64 bits per heavy atom. The molecule has 9 nitrogen and oxygen atoms in total. The second kappa shape index (κ2) is 11.7. The predicted molar refractivity (Wildman–Crippen MR) is 141 cm³/mol. The van der Waals surface area contributed by atoms with Gasteiger partial charge in [-0.05, 0) is 82.6 Å². The van der Waals surface area contributed by atoms with Crippen LogP contribution in [0.2, 0.25) is 0 Å². The van der Waals surface area contributed by atoms with Gasteiger partial charge in [-0.2, -0.15) is 5.10 Å². The molecule has 36 heavy (non-hydrogen) atoms. The molecule has 1 saturated heterocycles. The number of benzene rings is 1. The van der Waals surface area contributed by atoms with Crippen LogP contribution in [0.25, 0.3) is 0 Å². The van der Waals surface area contributed by atoms with Gasteiger partial charge < -0.3 is 14.5 Å². The third-order valence-corrected chi connectivity index (χ3v) is 9.09. The van der Waals surface area contributed by atoms with Crippen LogP contribution in [-0.2, 0) is 21.2 Å². The van der Waals surface area contributed by atoms with Gasteiger partial charge in [-0.1, -0.05) is 0 Å². The number of sulfonamides is 1. The highest BCUT2D eigenvalue weighted by atomic mass is 32.2. The number of hydrogen-bond donors (Lipinski definition) is 0. The number of rotatable bonds is 10. The van der Waals surface area contributed by atoms with Crippen LogP contribution in [0, 0.1) is 20.8 Å². The summed E-state index contributed by atoms with van der Waals surface area (Å²) < 4.78 is 32.8. The number of aromatic nitrogens is 2. The molecule has 0 N–H and O–H groups in total. The minimum Gasteiger partial charge on any atom is -0.497 e. The molecule has 10 heteroatoms. The van der Waals surface area contributed by atoms with Crippen LogP contribution in [0.1, 0.15) is 41.6 Å².